The Bertz CT molecular complexity index is 993. The summed E-state index contributed by atoms with van der Waals surface area (Å²) in [5.41, 5.74) is 0.0470. The van der Waals surface area contributed by atoms with Crippen molar-refractivity contribution in [3.63, 3.8) is 0 Å². The SMILES string of the molecule is CCCn1c(=O)c2[nH]c(C3CCCC3)nc2n(CCC(=O)N2CCOCC2)c1=O. The molecule has 1 aliphatic heterocycles. The van der Waals surface area contributed by atoms with Crippen LogP contribution in [0.3, 0.4) is 0 Å². The number of nitrogens with zero attached hydrogens (tertiary/aromatic N) is 4. The third-order valence-electron chi connectivity index (χ3n) is 5.98. The fourth-order valence-electron chi connectivity index (χ4n) is 4.38. The van der Waals surface area contributed by atoms with Gasteiger partial charge in [-0.3, -0.25) is 18.7 Å². The predicted molar refractivity (Wildman–Crippen MR) is 108 cm³/mol. The Labute approximate surface area is 168 Å². The number of imidazole rings is 1. The second-order valence-corrected chi connectivity index (χ2v) is 7.94. The summed E-state index contributed by atoms with van der Waals surface area (Å²) in [6.07, 6.45) is 5.28. The van der Waals surface area contributed by atoms with Crippen LogP contribution >= 0.6 is 0 Å². The van der Waals surface area contributed by atoms with Crippen molar-refractivity contribution < 1.29 is 9.53 Å². The lowest BCUT2D eigenvalue weighted by Gasteiger charge is -2.27. The summed E-state index contributed by atoms with van der Waals surface area (Å²) in [5.74, 6) is 1.09. The minimum atomic E-state index is -0.386. The number of ether oxygens (including phenoxy) is 1. The van der Waals surface area contributed by atoms with Crippen LogP contribution in [-0.2, 0) is 22.6 Å². The third-order valence-corrected chi connectivity index (χ3v) is 5.98. The molecule has 3 heterocycles. The Kier molecular flexibility index (Phi) is 5.84. The van der Waals surface area contributed by atoms with Crippen LogP contribution < -0.4 is 11.2 Å². The molecular weight excluding hydrogens is 374 g/mol. The van der Waals surface area contributed by atoms with E-state index in [1.807, 2.05) is 6.92 Å². The zero-order valence-corrected chi connectivity index (χ0v) is 17.0. The number of morpholine rings is 1. The van der Waals surface area contributed by atoms with E-state index in [-0.39, 0.29) is 30.1 Å². The number of rotatable bonds is 6. The Balaban J connectivity index is 1.69. The number of fused-ring (bicyclic) bond motifs is 1. The summed E-state index contributed by atoms with van der Waals surface area (Å²) in [6.45, 7) is 4.73. The van der Waals surface area contributed by atoms with Crippen LogP contribution in [0.4, 0.5) is 0 Å². The first-order valence-electron chi connectivity index (χ1n) is 10.7. The van der Waals surface area contributed by atoms with E-state index < -0.39 is 0 Å². The molecule has 1 amide bonds. The Hall–Kier alpha value is -2.42. The number of aromatic amines is 1. The highest BCUT2D eigenvalue weighted by Crippen LogP contribution is 2.32. The lowest BCUT2D eigenvalue weighted by molar-refractivity contribution is -0.135. The smallest absolute Gasteiger partial charge is 0.332 e. The summed E-state index contributed by atoms with van der Waals surface area (Å²) in [4.78, 5) is 48.1. The van der Waals surface area contributed by atoms with Crippen molar-refractivity contribution in [2.45, 2.75) is 64.5 Å². The summed E-state index contributed by atoms with van der Waals surface area (Å²) >= 11 is 0. The third kappa shape index (κ3) is 3.88. The molecule has 0 unspecified atom stereocenters. The Morgan fingerprint density at radius 3 is 2.55 bits per heavy atom. The number of hydrogen-bond acceptors (Lipinski definition) is 5. The largest absolute Gasteiger partial charge is 0.378 e. The van der Waals surface area contributed by atoms with Crippen LogP contribution in [0.2, 0.25) is 0 Å². The molecule has 2 aliphatic rings. The van der Waals surface area contributed by atoms with Crippen molar-refractivity contribution in [3.8, 4) is 0 Å². The lowest BCUT2D eigenvalue weighted by atomic mass is 10.1. The number of nitrogens with one attached hydrogen (secondary N) is 1. The van der Waals surface area contributed by atoms with Gasteiger partial charge in [0.2, 0.25) is 5.91 Å². The van der Waals surface area contributed by atoms with Gasteiger partial charge in [0, 0.05) is 38.5 Å². The van der Waals surface area contributed by atoms with Crippen LogP contribution in [0.1, 0.15) is 57.2 Å². The first-order valence-corrected chi connectivity index (χ1v) is 10.7. The number of H-pyrrole nitrogens is 1. The molecule has 0 aromatic carbocycles. The Morgan fingerprint density at radius 1 is 1.14 bits per heavy atom. The average Bonchev–Trinajstić information content (AvgIpc) is 3.41. The van der Waals surface area contributed by atoms with Crippen molar-refractivity contribution in [1.82, 2.24) is 24.0 Å². The molecule has 0 atom stereocenters. The van der Waals surface area contributed by atoms with Gasteiger partial charge >= 0.3 is 5.69 Å². The van der Waals surface area contributed by atoms with Crippen molar-refractivity contribution in [1.29, 1.82) is 0 Å². The number of carbonyl (C=O) groups is 1. The van der Waals surface area contributed by atoms with Gasteiger partial charge in [0.05, 0.1) is 13.2 Å². The molecule has 2 fully saturated rings. The molecule has 1 saturated carbocycles. The van der Waals surface area contributed by atoms with Crippen LogP contribution in [0.15, 0.2) is 9.59 Å². The summed E-state index contributed by atoms with van der Waals surface area (Å²) < 4.78 is 8.06. The molecule has 4 rings (SSSR count). The summed E-state index contributed by atoms with van der Waals surface area (Å²) in [7, 11) is 0. The minimum Gasteiger partial charge on any atom is -0.378 e. The number of aryl methyl sites for hydroxylation is 1. The van der Waals surface area contributed by atoms with Crippen LogP contribution in [-0.4, -0.2) is 56.2 Å². The fourth-order valence-corrected chi connectivity index (χ4v) is 4.38. The first kappa shape index (κ1) is 19.9. The number of aromatic nitrogens is 4. The molecule has 0 bridgehead atoms. The molecule has 1 saturated heterocycles. The molecule has 9 nitrogen and oxygen atoms in total. The van der Waals surface area contributed by atoms with Gasteiger partial charge in [-0.2, -0.15) is 0 Å². The van der Waals surface area contributed by atoms with Gasteiger partial charge in [-0.1, -0.05) is 19.8 Å². The van der Waals surface area contributed by atoms with E-state index in [0.717, 1.165) is 31.5 Å². The van der Waals surface area contributed by atoms with Crippen molar-refractivity contribution in [3.05, 3.63) is 26.7 Å². The number of hydrogen-bond donors (Lipinski definition) is 1. The van der Waals surface area contributed by atoms with Gasteiger partial charge in [-0.15, -0.1) is 0 Å². The van der Waals surface area contributed by atoms with E-state index in [1.54, 1.807) is 4.90 Å². The summed E-state index contributed by atoms with van der Waals surface area (Å²) in [6, 6.07) is 0. The predicted octanol–water partition coefficient (Wildman–Crippen LogP) is 1.20. The molecule has 0 spiro atoms. The highest BCUT2D eigenvalue weighted by Gasteiger charge is 2.24. The van der Waals surface area contributed by atoms with E-state index in [4.69, 9.17) is 4.74 Å². The van der Waals surface area contributed by atoms with Gasteiger partial charge in [0.1, 0.15) is 11.3 Å². The standard InChI is InChI=1S/C20H29N5O4/c1-2-8-25-19(27)16-18(22-17(21-16)14-5-3-4-6-14)24(20(25)28)9-7-15(26)23-10-12-29-13-11-23/h14H,2-13H2,1H3,(H,21,22). The van der Waals surface area contributed by atoms with E-state index >= 15 is 0 Å². The van der Waals surface area contributed by atoms with Gasteiger partial charge in [0.15, 0.2) is 5.65 Å². The lowest BCUT2D eigenvalue weighted by Crippen LogP contribution is -2.43. The molecule has 0 radical (unpaired) electrons. The molecule has 1 N–H and O–H groups in total. The maximum Gasteiger partial charge on any atom is 0.332 e. The van der Waals surface area contributed by atoms with Gasteiger partial charge in [-0.25, -0.2) is 9.78 Å². The van der Waals surface area contributed by atoms with E-state index in [2.05, 4.69) is 9.97 Å². The molecule has 29 heavy (non-hydrogen) atoms. The monoisotopic (exact) mass is 403 g/mol. The second kappa shape index (κ2) is 8.52. The minimum absolute atomic E-state index is 0.00635. The van der Waals surface area contributed by atoms with Crippen molar-refractivity contribution >= 4 is 17.1 Å². The highest BCUT2D eigenvalue weighted by atomic mass is 16.5. The van der Waals surface area contributed by atoms with Crippen molar-refractivity contribution in [2.75, 3.05) is 26.3 Å². The normalized spacial score (nSPS) is 18.0. The van der Waals surface area contributed by atoms with Gasteiger partial charge in [-0.05, 0) is 19.3 Å². The van der Waals surface area contributed by atoms with E-state index in [9.17, 15) is 14.4 Å². The Morgan fingerprint density at radius 2 is 1.86 bits per heavy atom. The average molecular weight is 403 g/mol. The number of carbonyl (C=O) groups excluding carboxylic acids is 1. The van der Waals surface area contributed by atoms with Gasteiger partial charge < -0.3 is 14.6 Å². The van der Waals surface area contributed by atoms with Crippen LogP contribution in [0, 0.1) is 0 Å². The maximum absolute atomic E-state index is 13.0. The fraction of sp³-hybridized carbons (Fsp3) is 0.700. The second-order valence-electron chi connectivity index (χ2n) is 7.94. The first-order chi connectivity index (χ1) is 14.1. The molecule has 158 valence electrons. The zero-order valence-electron chi connectivity index (χ0n) is 17.0. The summed E-state index contributed by atoms with van der Waals surface area (Å²) in [5, 5.41) is 0. The van der Waals surface area contributed by atoms with E-state index in [1.165, 1.54) is 9.13 Å². The topological polar surface area (TPSA) is 102 Å². The number of amides is 1. The molecule has 2 aromatic rings. The van der Waals surface area contributed by atoms with Crippen LogP contribution in [0.5, 0.6) is 0 Å². The van der Waals surface area contributed by atoms with Crippen molar-refractivity contribution in [2.24, 2.45) is 0 Å². The van der Waals surface area contributed by atoms with Gasteiger partial charge in [0.25, 0.3) is 5.56 Å². The molecular formula is C20H29N5O4. The quantitative estimate of drug-likeness (QED) is 0.781. The highest BCUT2D eigenvalue weighted by molar-refractivity contribution is 5.76. The van der Waals surface area contributed by atoms with E-state index in [0.29, 0.717) is 56.4 Å². The molecule has 2 aromatic heterocycles. The molecule has 9 heteroatoms. The maximum atomic E-state index is 13.0. The van der Waals surface area contributed by atoms with Crippen LogP contribution in [0.25, 0.3) is 11.2 Å². The molecule has 1 aliphatic carbocycles. The zero-order chi connectivity index (χ0) is 20.4.